The van der Waals surface area contributed by atoms with Crippen LogP contribution in [0, 0.1) is 0 Å². The summed E-state index contributed by atoms with van der Waals surface area (Å²) in [5.74, 6) is -0.226. The first-order valence-corrected chi connectivity index (χ1v) is 11.6. The highest BCUT2D eigenvalue weighted by molar-refractivity contribution is 7.92. The predicted molar refractivity (Wildman–Crippen MR) is 128 cm³/mol. The molecule has 3 aromatic carbocycles. The van der Waals surface area contributed by atoms with Gasteiger partial charge in [0.1, 0.15) is 6.54 Å². The van der Waals surface area contributed by atoms with Crippen LogP contribution in [0.5, 0.6) is 11.5 Å². The number of hydrogen-bond donors (Lipinski definition) is 2. The molecule has 0 aromatic heterocycles. The molecule has 0 heterocycles. The Morgan fingerprint density at radius 2 is 1.67 bits per heavy atom. The Morgan fingerprint density at radius 3 is 2.30 bits per heavy atom. The molecule has 0 atom stereocenters. The molecule has 4 N–H and O–H groups in total. The van der Waals surface area contributed by atoms with E-state index >= 15 is 0 Å². The minimum Gasteiger partial charge on any atom is -0.493 e. The first-order valence-electron chi connectivity index (χ1n) is 9.82. The number of ether oxygens (including phenoxy) is 2. The zero-order chi connectivity index (χ0) is 24.2. The van der Waals surface area contributed by atoms with E-state index in [9.17, 15) is 13.2 Å². The molecule has 0 aliphatic carbocycles. The molecule has 0 radical (unpaired) electrons. The standard InChI is InChI=1S/C23H24ClN3O5S/c1-31-21-10-8-18(13-22(21)32-2)33(29,30)27(14-23(26)28)20-9-7-17(25)12-16(20)11-15-5-3-4-6-19(15)24/h3-10,12-13H,11,14,25H2,1-2H3,(H2,26,28). The molecule has 1 amide bonds. The summed E-state index contributed by atoms with van der Waals surface area (Å²) in [5.41, 5.74) is 13.4. The summed E-state index contributed by atoms with van der Waals surface area (Å²) in [5, 5.41) is 0.523. The maximum Gasteiger partial charge on any atom is 0.264 e. The zero-order valence-corrected chi connectivity index (χ0v) is 19.7. The molecule has 8 nitrogen and oxygen atoms in total. The van der Waals surface area contributed by atoms with Crippen LogP contribution in [-0.2, 0) is 21.2 Å². The summed E-state index contributed by atoms with van der Waals surface area (Å²) in [7, 11) is -1.38. The van der Waals surface area contributed by atoms with E-state index in [4.69, 9.17) is 32.5 Å². The Bertz CT molecular complexity index is 1280. The van der Waals surface area contributed by atoms with Gasteiger partial charge in [-0.2, -0.15) is 0 Å². The fraction of sp³-hybridized carbons (Fsp3) is 0.174. The van der Waals surface area contributed by atoms with Gasteiger partial charge in [-0.05, 0) is 47.5 Å². The number of carbonyl (C=O) groups is 1. The summed E-state index contributed by atoms with van der Waals surface area (Å²) < 4.78 is 38.7. The normalized spacial score (nSPS) is 11.1. The Morgan fingerprint density at radius 1 is 0.970 bits per heavy atom. The maximum atomic E-state index is 13.7. The van der Waals surface area contributed by atoms with Gasteiger partial charge in [0.05, 0.1) is 24.8 Å². The Kier molecular flexibility index (Phi) is 7.35. The van der Waals surface area contributed by atoms with Crippen molar-refractivity contribution in [1.82, 2.24) is 0 Å². The first-order chi connectivity index (χ1) is 15.7. The lowest BCUT2D eigenvalue weighted by molar-refractivity contribution is -0.116. The van der Waals surface area contributed by atoms with Crippen LogP contribution in [0.15, 0.2) is 65.6 Å². The van der Waals surface area contributed by atoms with Gasteiger partial charge in [0, 0.05) is 23.2 Å². The van der Waals surface area contributed by atoms with Crippen LogP contribution in [0.2, 0.25) is 5.02 Å². The van der Waals surface area contributed by atoms with Crippen molar-refractivity contribution in [2.24, 2.45) is 5.73 Å². The van der Waals surface area contributed by atoms with E-state index in [1.807, 2.05) is 12.1 Å². The van der Waals surface area contributed by atoms with E-state index in [0.29, 0.717) is 22.0 Å². The van der Waals surface area contributed by atoms with Crippen LogP contribution < -0.4 is 25.2 Å². The molecule has 174 valence electrons. The van der Waals surface area contributed by atoms with E-state index < -0.39 is 22.5 Å². The number of methoxy groups -OCH3 is 2. The molecule has 0 aliphatic heterocycles. The molecular formula is C23H24ClN3O5S. The molecule has 10 heteroatoms. The molecule has 0 saturated carbocycles. The quantitative estimate of drug-likeness (QED) is 0.444. The van der Waals surface area contributed by atoms with Gasteiger partial charge in [-0.25, -0.2) is 8.42 Å². The van der Waals surface area contributed by atoms with Crippen molar-refractivity contribution >= 4 is 38.9 Å². The first kappa shape index (κ1) is 24.2. The third-order valence-corrected chi connectivity index (χ3v) is 7.08. The summed E-state index contributed by atoms with van der Waals surface area (Å²) in [6.07, 6.45) is 0.288. The average molecular weight is 490 g/mol. The predicted octanol–water partition coefficient (Wildman–Crippen LogP) is 3.21. The Balaban J connectivity index is 2.16. The lowest BCUT2D eigenvalue weighted by atomic mass is 10.0. The highest BCUT2D eigenvalue weighted by atomic mass is 35.5. The second-order valence-corrected chi connectivity index (χ2v) is 9.42. The smallest absolute Gasteiger partial charge is 0.264 e. The topological polar surface area (TPSA) is 125 Å². The van der Waals surface area contributed by atoms with Crippen molar-refractivity contribution in [2.45, 2.75) is 11.3 Å². The lowest BCUT2D eigenvalue weighted by Crippen LogP contribution is -2.39. The van der Waals surface area contributed by atoms with E-state index in [0.717, 1.165) is 9.87 Å². The van der Waals surface area contributed by atoms with Crippen LogP contribution in [0.3, 0.4) is 0 Å². The van der Waals surface area contributed by atoms with Crippen molar-refractivity contribution in [1.29, 1.82) is 0 Å². The van der Waals surface area contributed by atoms with Gasteiger partial charge in [0.25, 0.3) is 10.0 Å². The molecule has 0 spiro atoms. The van der Waals surface area contributed by atoms with Crippen molar-refractivity contribution in [3.63, 3.8) is 0 Å². The van der Waals surface area contributed by atoms with Crippen LogP contribution >= 0.6 is 11.6 Å². The molecular weight excluding hydrogens is 466 g/mol. The fourth-order valence-corrected chi connectivity index (χ4v) is 5.07. The van der Waals surface area contributed by atoms with Crippen molar-refractivity contribution < 1.29 is 22.7 Å². The van der Waals surface area contributed by atoms with Gasteiger partial charge in [-0.3, -0.25) is 9.10 Å². The highest BCUT2D eigenvalue weighted by Gasteiger charge is 2.29. The van der Waals surface area contributed by atoms with Gasteiger partial charge < -0.3 is 20.9 Å². The summed E-state index contributed by atoms with van der Waals surface area (Å²) >= 11 is 6.31. The van der Waals surface area contributed by atoms with Crippen molar-refractivity contribution in [2.75, 3.05) is 30.8 Å². The number of halogens is 1. The number of hydrogen-bond acceptors (Lipinski definition) is 6. The molecule has 0 saturated heterocycles. The van der Waals surface area contributed by atoms with E-state index in [1.54, 1.807) is 30.3 Å². The number of nitrogens with zero attached hydrogens (tertiary/aromatic N) is 1. The maximum absolute atomic E-state index is 13.7. The van der Waals surface area contributed by atoms with Gasteiger partial charge in [0.15, 0.2) is 11.5 Å². The van der Waals surface area contributed by atoms with E-state index in [1.165, 1.54) is 32.4 Å². The number of benzene rings is 3. The summed E-state index contributed by atoms with van der Waals surface area (Å²) in [6, 6.07) is 16.1. The second-order valence-electron chi connectivity index (χ2n) is 7.15. The zero-order valence-electron chi connectivity index (χ0n) is 18.1. The lowest BCUT2D eigenvalue weighted by Gasteiger charge is -2.26. The van der Waals surface area contributed by atoms with Crippen LogP contribution in [0.25, 0.3) is 0 Å². The van der Waals surface area contributed by atoms with Gasteiger partial charge in [-0.1, -0.05) is 29.8 Å². The van der Waals surface area contributed by atoms with Crippen molar-refractivity contribution in [3.8, 4) is 11.5 Å². The Labute approximate surface area is 197 Å². The van der Waals surface area contributed by atoms with E-state index in [2.05, 4.69) is 0 Å². The number of nitrogens with two attached hydrogens (primary N) is 2. The van der Waals surface area contributed by atoms with Crippen LogP contribution in [0.4, 0.5) is 11.4 Å². The molecule has 0 bridgehead atoms. The number of amides is 1. The van der Waals surface area contributed by atoms with E-state index in [-0.39, 0.29) is 22.8 Å². The molecule has 3 aromatic rings. The minimum absolute atomic E-state index is 0.0954. The van der Waals surface area contributed by atoms with Gasteiger partial charge in [0.2, 0.25) is 5.91 Å². The Hall–Kier alpha value is -3.43. The number of carbonyl (C=O) groups excluding carboxylic acids is 1. The molecule has 0 fully saturated rings. The fourth-order valence-electron chi connectivity index (χ4n) is 3.38. The largest absolute Gasteiger partial charge is 0.493 e. The average Bonchev–Trinajstić information content (AvgIpc) is 2.78. The highest BCUT2D eigenvalue weighted by Crippen LogP contribution is 2.34. The second kappa shape index (κ2) is 10.0. The molecule has 0 unspecified atom stereocenters. The van der Waals surface area contributed by atoms with Gasteiger partial charge >= 0.3 is 0 Å². The van der Waals surface area contributed by atoms with Gasteiger partial charge in [-0.15, -0.1) is 0 Å². The number of rotatable bonds is 9. The summed E-state index contributed by atoms with van der Waals surface area (Å²) in [6.45, 7) is -0.573. The minimum atomic E-state index is -4.22. The number of sulfonamides is 1. The van der Waals surface area contributed by atoms with Crippen LogP contribution in [-0.4, -0.2) is 35.1 Å². The van der Waals surface area contributed by atoms with Crippen molar-refractivity contribution in [3.05, 3.63) is 76.8 Å². The summed E-state index contributed by atoms with van der Waals surface area (Å²) in [4.78, 5) is 11.8. The number of nitrogen functional groups attached to an aromatic ring is 1. The third-order valence-electron chi connectivity index (χ3n) is 4.95. The molecule has 3 rings (SSSR count). The number of primary amides is 1. The molecule has 33 heavy (non-hydrogen) atoms. The SMILES string of the molecule is COc1ccc(S(=O)(=O)N(CC(N)=O)c2ccc(N)cc2Cc2ccccc2Cl)cc1OC. The van der Waals surface area contributed by atoms with Crippen LogP contribution in [0.1, 0.15) is 11.1 Å². The monoisotopic (exact) mass is 489 g/mol. The third kappa shape index (κ3) is 5.32. The number of anilines is 2. The molecule has 0 aliphatic rings.